The molecule has 1 atom stereocenters. The molecule has 0 saturated heterocycles. The maximum Gasteiger partial charge on any atom is 0.272 e. The van der Waals surface area contributed by atoms with E-state index in [-0.39, 0.29) is 15.9 Å². The van der Waals surface area contributed by atoms with E-state index in [1.807, 2.05) is 0 Å². The van der Waals surface area contributed by atoms with E-state index >= 15 is 0 Å². The Labute approximate surface area is 144 Å². The predicted octanol–water partition coefficient (Wildman–Crippen LogP) is 3.11. The molecule has 5 nitrogen and oxygen atoms in total. The number of hydrogen-bond acceptors (Lipinski definition) is 3. The van der Waals surface area contributed by atoms with Crippen LogP contribution >= 0.6 is 39.1 Å². The zero-order chi connectivity index (χ0) is 16.3. The molecule has 2 aromatic rings. The standard InChI is InChI=1S/C14H10BrCl2N3O2/c15-8-3-1-2-7(6-8)11(13(18)21)20-14(22)12-9(16)4-5-10(17)19-12/h1-6,11H,(H2,18,21)(H,20,22)/t11-/m1/s1. The van der Waals surface area contributed by atoms with Crippen molar-refractivity contribution >= 4 is 50.9 Å². The summed E-state index contributed by atoms with van der Waals surface area (Å²) in [6, 6.07) is 8.77. The Morgan fingerprint density at radius 3 is 2.59 bits per heavy atom. The number of carbonyl (C=O) groups is 2. The fourth-order valence-electron chi connectivity index (χ4n) is 1.78. The summed E-state index contributed by atoms with van der Waals surface area (Å²) in [5.74, 6) is -1.35. The lowest BCUT2D eigenvalue weighted by Gasteiger charge is -2.16. The van der Waals surface area contributed by atoms with Gasteiger partial charge in [-0.3, -0.25) is 9.59 Å². The molecule has 0 aliphatic carbocycles. The minimum Gasteiger partial charge on any atom is -0.368 e. The van der Waals surface area contributed by atoms with Gasteiger partial charge in [0.05, 0.1) is 5.02 Å². The Morgan fingerprint density at radius 2 is 1.95 bits per heavy atom. The number of nitrogens with two attached hydrogens (primary N) is 1. The van der Waals surface area contributed by atoms with Gasteiger partial charge in [0.2, 0.25) is 5.91 Å². The van der Waals surface area contributed by atoms with Gasteiger partial charge >= 0.3 is 0 Å². The molecule has 114 valence electrons. The van der Waals surface area contributed by atoms with Crippen molar-refractivity contribution in [1.29, 1.82) is 0 Å². The molecule has 2 rings (SSSR count). The van der Waals surface area contributed by atoms with E-state index in [1.165, 1.54) is 12.1 Å². The number of carbonyl (C=O) groups excluding carboxylic acids is 2. The molecular formula is C14H10BrCl2N3O2. The first kappa shape index (κ1) is 16.7. The van der Waals surface area contributed by atoms with Crippen LogP contribution in [-0.2, 0) is 4.79 Å². The number of halogens is 3. The Hall–Kier alpha value is -1.63. The first-order valence-electron chi connectivity index (χ1n) is 6.06. The van der Waals surface area contributed by atoms with Crippen LogP contribution in [0.5, 0.6) is 0 Å². The molecule has 0 unspecified atom stereocenters. The molecule has 0 bridgehead atoms. The number of nitrogens with one attached hydrogen (secondary N) is 1. The quantitative estimate of drug-likeness (QED) is 0.770. The van der Waals surface area contributed by atoms with Crippen LogP contribution in [-0.4, -0.2) is 16.8 Å². The first-order valence-corrected chi connectivity index (χ1v) is 7.61. The molecule has 0 spiro atoms. The van der Waals surface area contributed by atoms with Crippen LogP contribution in [0, 0.1) is 0 Å². The monoisotopic (exact) mass is 401 g/mol. The molecule has 1 aromatic heterocycles. The second-order valence-corrected chi connectivity index (χ2v) is 6.04. The van der Waals surface area contributed by atoms with Crippen molar-refractivity contribution in [1.82, 2.24) is 10.3 Å². The number of primary amides is 1. The third-order valence-electron chi connectivity index (χ3n) is 2.77. The summed E-state index contributed by atoms with van der Waals surface area (Å²) >= 11 is 15.0. The van der Waals surface area contributed by atoms with Gasteiger partial charge in [-0.05, 0) is 29.8 Å². The fourth-order valence-corrected chi connectivity index (χ4v) is 2.54. The van der Waals surface area contributed by atoms with E-state index in [0.717, 1.165) is 4.47 Å². The predicted molar refractivity (Wildman–Crippen MR) is 87.8 cm³/mol. The van der Waals surface area contributed by atoms with Gasteiger partial charge in [-0.25, -0.2) is 4.98 Å². The zero-order valence-electron chi connectivity index (χ0n) is 11.0. The van der Waals surface area contributed by atoms with Gasteiger partial charge in [-0.15, -0.1) is 0 Å². The average molecular weight is 403 g/mol. The molecule has 0 fully saturated rings. The summed E-state index contributed by atoms with van der Waals surface area (Å²) in [6.07, 6.45) is 0. The molecule has 0 aliphatic rings. The molecular weight excluding hydrogens is 393 g/mol. The first-order chi connectivity index (χ1) is 10.4. The minimum absolute atomic E-state index is 0.0737. The van der Waals surface area contributed by atoms with Crippen LogP contribution < -0.4 is 11.1 Å². The highest BCUT2D eigenvalue weighted by Crippen LogP contribution is 2.21. The average Bonchev–Trinajstić information content (AvgIpc) is 2.46. The van der Waals surface area contributed by atoms with Crippen LogP contribution in [0.15, 0.2) is 40.9 Å². The summed E-state index contributed by atoms with van der Waals surface area (Å²) in [5, 5.41) is 2.75. The van der Waals surface area contributed by atoms with Crippen molar-refractivity contribution in [3.8, 4) is 0 Å². The lowest BCUT2D eigenvalue weighted by atomic mass is 10.1. The van der Waals surface area contributed by atoms with Crippen molar-refractivity contribution < 1.29 is 9.59 Å². The minimum atomic E-state index is -1.01. The summed E-state index contributed by atoms with van der Waals surface area (Å²) in [5.41, 5.74) is 5.83. The van der Waals surface area contributed by atoms with E-state index in [1.54, 1.807) is 24.3 Å². The highest BCUT2D eigenvalue weighted by molar-refractivity contribution is 9.10. The Balaban J connectivity index is 2.30. The molecule has 22 heavy (non-hydrogen) atoms. The number of rotatable bonds is 4. The highest BCUT2D eigenvalue weighted by atomic mass is 79.9. The molecule has 8 heteroatoms. The lowest BCUT2D eigenvalue weighted by molar-refractivity contribution is -0.120. The van der Waals surface area contributed by atoms with Crippen LogP contribution in [0.4, 0.5) is 0 Å². The van der Waals surface area contributed by atoms with E-state index in [9.17, 15) is 9.59 Å². The van der Waals surface area contributed by atoms with Crippen molar-refractivity contribution in [2.24, 2.45) is 5.73 Å². The Kier molecular flexibility index (Phi) is 5.39. The number of nitrogens with zero attached hydrogens (tertiary/aromatic N) is 1. The Bertz CT molecular complexity index is 740. The number of hydrogen-bond donors (Lipinski definition) is 2. The zero-order valence-corrected chi connectivity index (χ0v) is 14.1. The van der Waals surface area contributed by atoms with Gasteiger partial charge < -0.3 is 11.1 Å². The number of pyridine rings is 1. The molecule has 0 aliphatic heterocycles. The summed E-state index contributed by atoms with van der Waals surface area (Å²) in [4.78, 5) is 27.8. The number of amides is 2. The van der Waals surface area contributed by atoms with E-state index in [2.05, 4.69) is 26.2 Å². The van der Waals surface area contributed by atoms with Crippen molar-refractivity contribution in [2.75, 3.05) is 0 Å². The molecule has 0 saturated carbocycles. The maximum absolute atomic E-state index is 12.3. The number of aromatic nitrogens is 1. The van der Waals surface area contributed by atoms with Gasteiger partial charge in [0.15, 0.2) is 0 Å². The van der Waals surface area contributed by atoms with Crippen LogP contribution in [0.25, 0.3) is 0 Å². The molecule has 0 radical (unpaired) electrons. The highest BCUT2D eigenvalue weighted by Gasteiger charge is 2.23. The van der Waals surface area contributed by atoms with Gasteiger partial charge in [0.1, 0.15) is 16.9 Å². The van der Waals surface area contributed by atoms with Crippen molar-refractivity contribution in [3.05, 3.63) is 62.3 Å². The third-order valence-corrected chi connectivity index (χ3v) is 3.78. The molecule has 3 N–H and O–H groups in total. The second-order valence-electron chi connectivity index (χ2n) is 4.33. The third kappa shape index (κ3) is 3.97. The van der Waals surface area contributed by atoms with Gasteiger partial charge in [-0.2, -0.15) is 0 Å². The molecule has 2 amide bonds. The normalized spacial score (nSPS) is 11.8. The summed E-state index contributed by atoms with van der Waals surface area (Å²) in [7, 11) is 0. The summed E-state index contributed by atoms with van der Waals surface area (Å²) < 4.78 is 0.754. The van der Waals surface area contributed by atoms with E-state index < -0.39 is 17.9 Å². The molecule has 1 aromatic carbocycles. The topological polar surface area (TPSA) is 85.1 Å². The fraction of sp³-hybridized carbons (Fsp3) is 0.0714. The smallest absolute Gasteiger partial charge is 0.272 e. The SMILES string of the molecule is NC(=O)[C@H](NC(=O)c1nc(Cl)ccc1Cl)c1cccc(Br)c1. The Morgan fingerprint density at radius 1 is 1.23 bits per heavy atom. The number of benzene rings is 1. The maximum atomic E-state index is 12.3. The summed E-state index contributed by atoms with van der Waals surface area (Å²) in [6.45, 7) is 0. The van der Waals surface area contributed by atoms with Crippen molar-refractivity contribution in [2.45, 2.75) is 6.04 Å². The largest absolute Gasteiger partial charge is 0.368 e. The van der Waals surface area contributed by atoms with Crippen LogP contribution in [0.1, 0.15) is 22.1 Å². The van der Waals surface area contributed by atoms with Gasteiger partial charge in [-0.1, -0.05) is 51.3 Å². The van der Waals surface area contributed by atoms with Gasteiger partial charge in [0.25, 0.3) is 5.91 Å². The second kappa shape index (κ2) is 7.09. The van der Waals surface area contributed by atoms with Crippen LogP contribution in [0.2, 0.25) is 10.2 Å². The van der Waals surface area contributed by atoms with E-state index in [0.29, 0.717) is 5.56 Å². The van der Waals surface area contributed by atoms with Gasteiger partial charge in [0, 0.05) is 4.47 Å². The molecule has 1 heterocycles. The lowest BCUT2D eigenvalue weighted by Crippen LogP contribution is -2.38. The van der Waals surface area contributed by atoms with Crippen LogP contribution in [0.3, 0.4) is 0 Å². The van der Waals surface area contributed by atoms with E-state index in [4.69, 9.17) is 28.9 Å². The van der Waals surface area contributed by atoms with Crippen molar-refractivity contribution in [3.63, 3.8) is 0 Å².